The van der Waals surface area contributed by atoms with Gasteiger partial charge in [0.15, 0.2) is 6.10 Å². The Morgan fingerprint density at radius 1 is 1.11 bits per heavy atom. The van der Waals surface area contributed by atoms with Gasteiger partial charge >= 0.3 is 5.97 Å². The first-order valence-corrected chi connectivity index (χ1v) is 14.4. The van der Waals surface area contributed by atoms with Crippen molar-refractivity contribution in [2.24, 2.45) is 0 Å². The summed E-state index contributed by atoms with van der Waals surface area (Å²) >= 11 is 1.61. The molecule has 37 heavy (non-hydrogen) atoms. The number of hydrogen-bond acceptors (Lipinski definition) is 7. The molecule has 1 aromatic heterocycles. The van der Waals surface area contributed by atoms with Crippen LogP contribution in [0.1, 0.15) is 22.9 Å². The number of hydrogen-bond donors (Lipinski definition) is 1. The zero-order valence-electron chi connectivity index (χ0n) is 20.9. The van der Waals surface area contributed by atoms with Gasteiger partial charge < -0.3 is 19.3 Å². The highest BCUT2D eigenvalue weighted by Gasteiger charge is 2.26. The molecule has 8 nitrogen and oxygen atoms in total. The van der Waals surface area contributed by atoms with Gasteiger partial charge in [-0.15, -0.1) is 11.3 Å². The lowest BCUT2D eigenvalue weighted by Gasteiger charge is -2.26. The highest BCUT2D eigenvalue weighted by Crippen LogP contribution is 2.33. The van der Waals surface area contributed by atoms with Crippen LogP contribution in [0.25, 0.3) is 10.4 Å². The number of benzene rings is 2. The van der Waals surface area contributed by atoms with Crippen molar-refractivity contribution < 1.29 is 32.5 Å². The summed E-state index contributed by atoms with van der Waals surface area (Å²) in [7, 11) is -3.52. The summed E-state index contributed by atoms with van der Waals surface area (Å²) in [5.74, 6) is -0.279. The lowest BCUT2D eigenvalue weighted by Crippen LogP contribution is -2.40. The Bertz CT molecular complexity index is 1300. The minimum absolute atomic E-state index is 0.286. The van der Waals surface area contributed by atoms with E-state index in [1.54, 1.807) is 30.4 Å². The molecule has 2 aromatic carbocycles. The second-order valence-corrected chi connectivity index (χ2v) is 11.8. The van der Waals surface area contributed by atoms with Crippen LogP contribution < -0.4 is 4.74 Å². The quantitative estimate of drug-likeness (QED) is 0.382. The normalized spacial score (nSPS) is 15.4. The molecule has 0 saturated carbocycles. The van der Waals surface area contributed by atoms with E-state index in [0.29, 0.717) is 51.7 Å². The van der Waals surface area contributed by atoms with E-state index in [2.05, 4.69) is 6.07 Å². The maximum absolute atomic E-state index is 12.9. The molecule has 3 aromatic rings. The number of ether oxygens (including phenoxy) is 3. The van der Waals surface area contributed by atoms with Crippen LogP contribution in [0.3, 0.4) is 0 Å². The molecule has 1 aliphatic rings. The summed E-state index contributed by atoms with van der Waals surface area (Å²) in [4.78, 5) is 13.7. The topological polar surface area (TPSA) is 102 Å². The molecule has 1 saturated heterocycles. The highest BCUT2D eigenvalue weighted by molar-refractivity contribution is 7.89. The molecule has 10 heteroatoms. The summed E-state index contributed by atoms with van der Waals surface area (Å²) in [5, 5.41) is 9.26. The van der Waals surface area contributed by atoms with Crippen molar-refractivity contribution in [2.75, 3.05) is 32.9 Å². The monoisotopic (exact) mass is 545 g/mol. The Kier molecular flexibility index (Phi) is 8.99. The molecular weight excluding hydrogens is 514 g/mol. The fraction of sp³-hybridized carbons (Fsp3) is 0.370. The van der Waals surface area contributed by atoms with E-state index >= 15 is 0 Å². The Labute approximate surface area is 221 Å². The average Bonchev–Trinajstić information content (AvgIpc) is 3.28. The third-order valence-corrected chi connectivity index (χ3v) is 9.30. The summed E-state index contributed by atoms with van der Waals surface area (Å²) in [6.07, 6.45) is -0.568. The van der Waals surface area contributed by atoms with Crippen LogP contribution in [0, 0.1) is 6.92 Å². The van der Waals surface area contributed by atoms with Crippen molar-refractivity contribution in [1.82, 2.24) is 4.31 Å². The molecule has 0 amide bonds. The van der Waals surface area contributed by atoms with Gasteiger partial charge in [-0.2, -0.15) is 4.31 Å². The number of thiophene rings is 1. The summed E-state index contributed by atoms with van der Waals surface area (Å²) < 4.78 is 43.7. The Morgan fingerprint density at radius 2 is 1.78 bits per heavy atom. The third-order valence-electron chi connectivity index (χ3n) is 6.12. The van der Waals surface area contributed by atoms with Gasteiger partial charge in [-0.1, -0.05) is 24.3 Å². The molecule has 198 valence electrons. The van der Waals surface area contributed by atoms with Crippen LogP contribution in [0.15, 0.2) is 59.5 Å². The molecule has 1 aliphatic heterocycles. The van der Waals surface area contributed by atoms with E-state index in [-0.39, 0.29) is 4.90 Å². The Morgan fingerprint density at radius 3 is 2.41 bits per heavy atom. The van der Waals surface area contributed by atoms with Gasteiger partial charge in [0.05, 0.1) is 18.1 Å². The molecule has 4 rings (SSSR count). The molecule has 0 radical (unpaired) electrons. The number of rotatable bonds is 11. The molecule has 1 unspecified atom stereocenters. The fourth-order valence-electron chi connectivity index (χ4n) is 4.04. The summed E-state index contributed by atoms with van der Waals surface area (Å²) in [5.41, 5.74) is 2.91. The smallest absolute Gasteiger partial charge is 0.333 e. The van der Waals surface area contributed by atoms with Crippen LogP contribution >= 0.6 is 11.3 Å². The van der Waals surface area contributed by atoms with Crippen molar-refractivity contribution in [1.29, 1.82) is 0 Å². The van der Waals surface area contributed by atoms with Gasteiger partial charge in [0, 0.05) is 35.9 Å². The van der Waals surface area contributed by atoms with Crippen LogP contribution in [-0.2, 0) is 37.3 Å². The number of morpholine rings is 1. The molecule has 0 bridgehead atoms. The predicted molar refractivity (Wildman–Crippen MR) is 142 cm³/mol. The molecule has 0 aliphatic carbocycles. The predicted octanol–water partition coefficient (Wildman–Crippen LogP) is 4.36. The van der Waals surface area contributed by atoms with Gasteiger partial charge in [0.1, 0.15) is 12.4 Å². The zero-order chi connectivity index (χ0) is 26.4. The lowest BCUT2D eigenvalue weighted by molar-refractivity contribution is -0.149. The number of aliphatic carboxylic acids is 1. The maximum Gasteiger partial charge on any atom is 0.333 e. The van der Waals surface area contributed by atoms with Crippen LogP contribution in [0.2, 0.25) is 0 Å². The van der Waals surface area contributed by atoms with E-state index in [0.717, 1.165) is 26.4 Å². The van der Waals surface area contributed by atoms with Crippen LogP contribution in [0.4, 0.5) is 0 Å². The van der Waals surface area contributed by atoms with E-state index < -0.39 is 22.1 Å². The molecule has 1 atom stereocenters. The SMILES string of the molecule is CCOC(Cc1ccc(OCc2sc(-c3ccc(S(=O)(=O)N4CCOCC4)cc3)cc2C)cc1)C(=O)O. The fourth-order valence-corrected chi connectivity index (χ4v) is 6.54. The van der Waals surface area contributed by atoms with Gasteiger partial charge in [-0.3, -0.25) is 0 Å². The van der Waals surface area contributed by atoms with E-state index in [1.165, 1.54) is 4.31 Å². The van der Waals surface area contributed by atoms with Gasteiger partial charge in [-0.25, -0.2) is 13.2 Å². The average molecular weight is 546 g/mol. The number of nitrogens with zero attached hydrogens (tertiary/aromatic N) is 1. The van der Waals surface area contributed by atoms with Crippen molar-refractivity contribution in [2.45, 2.75) is 37.9 Å². The van der Waals surface area contributed by atoms with Gasteiger partial charge in [-0.05, 0) is 60.9 Å². The maximum atomic E-state index is 12.9. The molecule has 2 heterocycles. The van der Waals surface area contributed by atoms with E-state index in [4.69, 9.17) is 14.2 Å². The first-order chi connectivity index (χ1) is 17.8. The third kappa shape index (κ3) is 6.77. The Hall–Kier alpha value is -2.76. The zero-order valence-corrected chi connectivity index (χ0v) is 22.5. The number of carbonyl (C=O) groups is 1. The van der Waals surface area contributed by atoms with Crippen LogP contribution in [-0.4, -0.2) is 62.8 Å². The largest absolute Gasteiger partial charge is 0.488 e. The number of carboxylic acids is 1. The first kappa shape index (κ1) is 27.3. The van der Waals surface area contributed by atoms with Crippen molar-refractivity contribution in [3.63, 3.8) is 0 Å². The Balaban J connectivity index is 1.38. The van der Waals surface area contributed by atoms with E-state index in [1.807, 2.05) is 43.3 Å². The molecule has 0 spiro atoms. The minimum Gasteiger partial charge on any atom is -0.488 e. The van der Waals surface area contributed by atoms with Crippen LogP contribution in [0.5, 0.6) is 5.75 Å². The molecular formula is C27H31NO7S2. The highest BCUT2D eigenvalue weighted by atomic mass is 32.2. The van der Waals surface area contributed by atoms with Crippen molar-refractivity contribution >= 4 is 27.3 Å². The summed E-state index contributed by atoms with van der Waals surface area (Å²) in [6, 6.07) is 16.4. The van der Waals surface area contributed by atoms with Crippen molar-refractivity contribution in [3.05, 3.63) is 70.6 Å². The standard InChI is InChI=1S/C27H31NO7S2/c1-3-34-24(27(29)30)17-20-4-8-22(9-5-20)35-18-26-19(2)16-25(36-26)21-6-10-23(11-7-21)37(31,32)28-12-14-33-15-13-28/h4-11,16,24H,3,12-15,17-18H2,1-2H3,(H,29,30). The number of sulfonamides is 1. The first-order valence-electron chi connectivity index (χ1n) is 12.1. The number of carboxylic acid groups (broad SMARTS) is 1. The summed E-state index contributed by atoms with van der Waals surface area (Å²) in [6.45, 7) is 6.12. The van der Waals surface area contributed by atoms with E-state index in [9.17, 15) is 18.3 Å². The molecule has 1 N–H and O–H groups in total. The van der Waals surface area contributed by atoms with Gasteiger partial charge in [0.25, 0.3) is 0 Å². The lowest BCUT2D eigenvalue weighted by atomic mass is 10.1. The minimum atomic E-state index is -3.52. The van der Waals surface area contributed by atoms with Crippen molar-refractivity contribution in [3.8, 4) is 16.2 Å². The second-order valence-electron chi connectivity index (χ2n) is 8.68. The second kappa shape index (κ2) is 12.2. The molecule has 1 fully saturated rings. The van der Waals surface area contributed by atoms with Gasteiger partial charge in [0.2, 0.25) is 10.0 Å². The number of aryl methyl sites for hydroxylation is 1.